The molecule has 142 valence electrons. The number of nitrogens with two attached hydrogens (primary N) is 1. The third-order valence-electron chi connectivity index (χ3n) is 4.51. The van der Waals surface area contributed by atoms with E-state index >= 15 is 0 Å². The molecule has 3 aromatic rings. The second-order valence-electron chi connectivity index (χ2n) is 6.24. The fourth-order valence-electron chi connectivity index (χ4n) is 3.24. The van der Waals surface area contributed by atoms with E-state index in [-0.39, 0.29) is 0 Å². The number of amidine groups is 1. The van der Waals surface area contributed by atoms with Crippen LogP contribution in [0.5, 0.6) is 5.75 Å². The minimum atomic E-state index is -0.637. The van der Waals surface area contributed by atoms with Gasteiger partial charge in [0.2, 0.25) is 5.88 Å². The molecule has 8 heteroatoms. The van der Waals surface area contributed by atoms with Gasteiger partial charge in [0.05, 0.1) is 18.9 Å². The second-order valence-corrected chi connectivity index (χ2v) is 6.24. The summed E-state index contributed by atoms with van der Waals surface area (Å²) in [6.07, 6.45) is 1.13. The number of primary amides is 1. The molecule has 8 nitrogen and oxygen atoms in total. The normalized spacial score (nSPS) is 15.5. The molecule has 0 spiro atoms. The van der Waals surface area contributed by atoms with Gasteiger partial charge in [-0.2, -0.15) is 0 Å². The molecule has 5 N–H and O–H groups in total. The number of carbonyl (C=O) groups is 1. The van der Waals surface area contributed by atoms with Gasteiger partial charge < -0.3 is 30.4 Å². The van der Waals surface area contributed by atoms with Crippen LogP contribution >= 0.6 is 0 Å². The van der Waals surface area contributed by atoms with Crippen molar-refractivity contribution in [2.24, 2.45) is 5.73 Å². The van der Waals surface area contributed by atoms with Crippen molar-refractivity contribution in [3.63, 3.8) is 0 Å². The van der Waals surface area contributed by atoms with Gasteiger partial charge in [0, 0.05) is 11.4 Å². The number of hydrogen-bond acceptors (Lipinski definition) is 5. The zero-order valence-corrected chi connectivity index (χ0v) is 15.1. The fourth-order valence-corrected chi connectivity index (χ4v) is 3.24. The van der Waals surface area contributed by atoms with Gasteiger partial charge in [-0.05, 0) is 48.0 Å². The molecular formula is C20H19N5O3. The van der Waals surface area contributed by atoms with Crippen molar-refractivity contribution in [2.75, 3.05) is 22.6 Å². The van der Waals surface area contributed by atoms with E-state index in [2.05, 4.69) is 10.6 Å². The van der Waals surface area contributed by atoms with E-state index in [1.807, 2.05) is 41.3 Å². The van der Waals surface area contributed by atoms with E-state index in [1.54, 1.807) is 31.6 Å². The van der Waals surface area contributed by atoms with E-state index in [1.165, 1.54) is 0 Å². The summed E-state index contributed by atoms with van der Waals surface area (Å²) in [4.78, 5) is 13.1. The zero-order valence-electron chi connectivity index (χ0n) is 15.1. The molecule has 2 amide bonds. The summed E-state index contributed by atoms with van der Waals surface area (Å²) in [5.74, 6) is 1.55. The lowest BCUT2D eigenvalue weighted by molar-refractivity contribution is 0.259. The Balaban J connectivity index is 1.78. The number of benzene rings is 2. The summed E-state index contributed by atoms with van der Waals surface area (Å²) in [5, 5.41) is 14.6. The van der Waals surface area contributed by atoms with Crippen LogP contribution < -0.4 is 26.0 Å². The number of anilines is 3. The minimum absolute atomic E-state index is 0.297. The molecule has 0 radical (unpaired) electrons. The third-order valence-corrected chi connectivity index (χ3v) is 4.51. The molecule has 0 saturated heterocycles. The second kappa shape index (κ2) is 6.99. The van der Waals surface area contributed by atoms with E-state index in [0.29, 0.717) is 23.0 Å². The van der Waals surface area contributed by atoms with Gasteiger partial charge in [0.15, 0.2) is 0 Å². The lowest BCUT2D eigenvalue weighted by atomic mass is 10.0. The number of urea groups is 1. The Morgan fingerprint density at radius 3 is 2.75 bits per heavy atom. The SMILES string of the molecule is COc1ccc(N2C(=N)c3ccoc3NC2c2cccc(NC(N)=O)c2)cc1. The highest BCUT2D eigenvalue weighted by Gasteiger charge is 2.33. The van der Waals surface area contributed by atoms with Gasteiger partial charge >= 0.3 is 6.03 Å². The highest BCUT2D eigenvalue weighted by atomic mass is 16.5. The standard InChI is InChI=1S/C20H19N5O3/c1-27-15-7-5-14(6-8-15)25-17(21)16-9-10-28-19(16)24-18(25)12-3-2-4-13(11-12)23-20(22)26/h2-11,18,21,24H,1H3,(H3,22,23,26). The number of hydrogen-bond donors (Lipinski definition) is 4. The number of fused-ring (bicyclic) bond motifs is 1. The molecule has 2 heterocycles. The molecule has 1 aromatic heterocycles. The predicted octanol–water partition coefficient (Wildman–Crippen LogP) is 3.74. The Morgan fingerprint density at radius 2 is 2.04 bits per heavy atom. The quantitative estimate of drug-likeness (QED) is 0.553. The Morgan fingerprint density at radius 1 is 1.25 bits per heavy atom. The first kappa shape index (κ1) is 17.5. The van der Waals surface area contributed by atoms with E-state index in [4.69, 9.17) is 20.3 Å². The van der Waals surface area contributed by atoms with Crippen LogP contribution in [0.3, 0.4) is 0 Å². The Bertz CT molecular complexity index is 1030. The lowest BCUT2D eigenvalue weighted by Gasteiger charge is -2.38. The first-order valence-electron chi connectivity index (χ1n) is 8.59. The molecule has 4 rings (SSSR count). The van der Waals surface area contributed by atoms with Gasteiger partial charge in [0.1, 0.15) is 17.8 Å². The topological polar surface area (TPSA) is 117 Å². The van der Waals surface area contributed by atoms with Crippen LogP contribution in [-0.4, -0.2) is 19.0 Å². The summed E-state index contributed by atoms with van der Waals surface area (Å²) in [6.45, 7) is 0. The first-order chi connectivity index (χ1) is 13.6. The van der Waals surface area contributed by atoms with Crippen LogP contribution in [0.1, 0.15) is 17.3 Å². The van der Waals surface area contributed by atoms with Crippen LogP contribution in [0, 0.1) is 5.41 Å². The molecule has 2 aromatic carbocycles. The molecule has 0 saturated carbocycles. The molecule has 0 bridgehead atoms. The number of rotatable bonds is 4. The molecule has 28 heavy (non-hydrogen) atoms. The molecule has 1 aliphatic heterocycles. The van der Waals surface area contributed by atoms with Gasteiger partial charge in [0.25, 0.3) is 0 Å². The zero-order chi connectivity index (χ0) is 19.7. The average molecular weight is 377 g/mol. The molecule has 0 fully saturated rings. The third kappa shape index (κ3) is 3.11. The Kier molecular flexibility index (Phi) is 4.36. The van der Waals surface area contributed by atoms with Gasteiger partial charge in [-0.3, -0.25) is 5.41 Å². The summed E-state index contributed by atoms with van der Waals surface area (Å²) >= 11 is 0. The van der Waals surface area contributed by atoms with Crippen molar-refractivity contribution >= 4 is 29.1 Å². The lowest BCUT2D eigenvalue weighted by Crippen LogP contribution is -2.42. The fraction of sp³-hybridized carbons (Fsp3) is 0.100. The van der Waals surface area contributed by atoms with E-state index < -0.39 is 12.2 Å². The van der Waals surface area contributed by atoms with Crippen LogP contribution in [0.2, 0.25) is 0 Å². The summed E-state index contributed by atoms with van der Waals surface area (Å²) in [5.41, 5.74) is 8.10. The first-order valence-corrected chi connectivity index (χ1v) is 8.59. The smallest absolute Gasteiger partial charge is 0.316 e. The Labute approximate surface area is 161 Å². The van der Waals surface area contributed by atoms with Crippen LogP contribution in [0.15, 0.2) is 65.3 Å². The summed E-state index contributed by atoms with van der Waals surface area (Å²) in [7, 11) is 1.61. The molecule has 1 aliphatic rings. The van der Waals surface area contributed by atoms with Gasteiger partial charge in [-0.15, -0.1) is 0 Å². The highest BCUT2D eigenvalue weighted by Crippen LogP contribution is 2.38. The maximum Gasteiger partial charge on any atom is 0.316 e. The number of ether oxygens (including phenoxy) is 1. The van der Waals surface area contributed by atoms with Crippen molar-refractivity contribution in [3.8, 4) is 5.75 Å². The van der Waals surface area contributed by atoms with Crippen LogP contribution in [0.4, 0.5) is 22.1 Å². The Hall–Kier alpha value is -3.94. The number of amides is 2. The van der Waals surface area contributed by atoms with Crippen LogP contribution in [-0.2, 0) is 0 Å². The van der Waals surface area contributed by atoms with Gasteiger partial charge in [-0.25, -0.2) is 4.79 Å². The van der Waals surface area contributed by atoms with Crippen molar-refractivity contribution in [3.05, 3.63) is 72.0 Å². The van der Waals surface area contributed by atoms with Crippen molar-refractivity contribution in [2.45, 2.75) is 6.17 Å². The molecular weight excluding hydrogens is 358 g/mol. The monoisotopic (exact) mass is 377 g/mol. The predicted molar refractivity (Wildman–Crippen MR) is 107 cm³/mol. The molecule has 0 aliphatic carbocycles. The van der Waals surface area contributed by atoms with Crippen molar-refractivity contribution in [1.29, 1.82) is 5.41 Å². The maximum absolute atomic E-state index is 11.2. The number of furan rings is 1. The largest absolute Gasteiger partial charge is 0.497 e. The van der Waals surface area contributed by atoms with E-state index in [9.17, 15) is 4.79 Å². The average Bonchev–Trinajstić information content (AvgIpc) is 3.17. The van der Waals surface area contributed by atoms with Gasteiger partial charge in [-0.1, -0.05) is 12.1 Å². The maximum atomic E-state index is 11.2. The highest BCUT2D eigenvalue weighted by molar-refractivity contribution is 6.13. The van der Waals surface area contributed by atoms with Crippen molar-refractivity contribution < 1.29 is 13.9 Å². The number of nitrogens with zero attached hydrogens (tertiary/aromatic N) is 1. The number of methoxy groups -OCH3 is 1. The summed E-state index contributed by atoms with van der Waals surface area (Å²) in [6, 6.07) is 15.8. The number of carbonyl (C=O) groups excluding carboxylic acids is 1. The summed E-state index contributed by atoms with van der Waals surface area (Å²) < 4.78 is 10.7. The van der Waals surface area contributed by atoms with Crippen molar-refractivity contribution in [1.82, 2.24) is 0 Å². The number of nitrogens with one attached hydrogen (secondary N) is 3. The minimum Gasteiger partial charge on any atom is -0.497 e. The molecule has 1 unspecified atom stereocenters. The van der Waals surface area contributed by atoms with Crippen LogP contribution in [0.25, 0.3) is 0 Å². The molecule has 1 atom stereocenters. The van der Waals surface area contributed by atoms with E-state index in [0.717, 1.165) is 17.0 Å².